The Morgan fingerprint density at radius 3 is 2.60 bits per heavy atom. The maximum Gasteiger partial charge on any atom is 0.220 e. The summed E-state index contributed by atoms with van der Waals surface area (Å²) in [5, 5.41) is 6.34. The number of hydrogen-bond donors (Lipinski definition) is 2. The minimum absolute atomic E-state index is 0.191. The first-order chi connectivity index (χ1) is 9.84. The van der Waals surface area contributed by atoms with E-state index in [0.29, 0.717) is 25.7 Å². The Balaban J connectivity index is 1.45. The number of carbonyl (C=O) groups is 1. The van der Waals surface area contributed by atoms with Gasteiger partial charge in [0.1, 0.15) is 0 Å². The van der Waals surface area contributed by atoms with Gasteiger partial charge >= 0.3 is 0 Å². The largest absolute Gasteiger partial charge is 0.376 e. The highest BCUT2D eigenvalue weighted by atomic mass is 16.5. The Labute approximate surface area is 123 Å². The summed E-state index contributed by atoms with van der Waals surface area (Å²) < 4.78 is 5.80. The van der Waals surface area contributed by atoms with Gasteiger partial charge in [-0.2, -0.15) is 0 Å². The van der Waals surface area contributed by atoms with Crippen molar-refractivity contribution in [1.82, 2.24) is 10.6 Å². The SMILES string of the molecule is O=C(CCC1CCNCC1)NCCOC1CCCCC1. The molecule has 1 heterocycles. The highest BCUT2D eigenvalue weighted by Crippen LogP contribution is 2.20. The Kier molecular flexibility index (Phi) is 7.37. The van der Waals surface area contributed by atoms with Gasteiger partial charge in [0, 0.05) is 13.0 Å². The highest BCUT2D eigenvalue weighted by Gasteiger charge is 2.15. The second-order valence-corrected chi connectivity index (χ2v) is 6.21. The van der Waals surface area contributed by atoms with Crippen LogP contribution in [0.5, 0.6) is 0 Å². The van der Waals surface area contributed by atoms with Crippen molar-refractivity contribution in [3.63, 3.8) is 0 Å². The standard InChI is InChI=1S/C16H30N2O2/c19-16(7-6-14-8-10-17-11-9-14)18-12-13-20-15-4-2-1-3-5-15/h14-15,17H,1-13H2,(H,18,19). The third-order valence-electron chi connectivity index (χ3n) is 4.57. The van der Waals surface area contributed by atoms with Crippen molar-refractivity contribution < 1.29 is 9.53 Å². The van der Waals surface area contributed by atoms with E-state index in [1.807, 2.05) is 0 Å². The fourth-order valence-corrected chi connectivity index (χ4v) is 3.24. The Bertz CT molecular complexity index is 272. The second-order valence-electron chi connectivity index (χ2n) is 6.21. The lowest BCUT2D eigenvalue weighted by molar-refractivity contribution is -0.121. The van der Waals surface area contributed by atoms with E-state index in [9.17, 15) is 4.79 Å². The topological polar surface area (TPSA) is 50.4 Å². The minimum atomic E-state index is 0.191. The van der Waals surface area contributed by atoms with Crippen LogP contribution in [-0.4, -0.2) is 38.3 Å². The van der Waals surface area contributed by atoms with E-state index in [1.54, 1.807) is 0 Å². The van der Waals surface area contributed by atoms with Gasteiger partial charge in [0.25, 0.3) is 0 Å². The zero-order valence-electron chi connectivity index (χ0n) is 12.7. The summed E-state index contributed by atoms with van der Waals surface area (Å²) in [7, 11) is 0. The quantitative estimate of drug-likeness (QED) is 0.704. The molecule has 1 amide bonds. The van der Waals surface area contributed by atoms with E-state index in [2.05, 4.69) is 10.6 Å². The maximum absolute atomic E-state index is 11.8. The number of ether oxygens (including phenoxy) is 1. The molecule has 116 valence electrons. The lowest BCUT2D eigenvalue weighted by Gasteiger charge is -2.22. The molecular formula is C16H30N2O2. The molecule has 2 fully saturated rings. The van der Waals surface area contributed by atoms with Crippen molar-refractivity contribution >= 4 is 5.91 Å². The van der Waals surface area contributed by atoms with Crippen LogP contribution in [0, 0.1) is 5.92 Å². The van der Waals surface area contributed by atoms with Crippen LogP contribution >= 0.6 is 0 Å². The number of amides is 1. The van der Waals surface area contributed by atoms with Crippen molar-refractivity contribution in [1.29, 1.82) is 0 Å². The van der Waals surface area contributed by atoms with E-state index in [4.69, 9.17) is 4.74 Å². The van der Waals surface area contributed by atoms with Gasteiger partial charge in [-0.3, -0.25) is 4.79 Å². The van der Waals surface area contributed by atoms with Crippen LogP contribution < -0.4 is 10.6 Å². The van der Waals surface area contributed by atoms with Crippen LogP contribution in [0.4, 0.5) is 0 Å². The lowest BCUT2D eigenvalue weighted by Crippen LogP contribution is -2.31. The summed E-state index contributed by atoms with van der Waals surface area (Å²) in [6, 6.07) is 0. The number of nitrogens with one attached hydrogen (secondary N) is 2. The first kappa shape index (κ1) is 15.8. The predicted molar refractivity (Wildman–Crippen MR) is 80.7 cm³/mol. The van der Waals surface area contributed by atoms with Crippen LogP contribution in [-0.2, 0) is 9.53 Å². The molecule has 0 radical (unpaired) electrons. The Morgan fingerprint density at radius 2 is 1.85 bits per heavy atom. The maximum atomic E-state index is 11.8. The molecule has 2 aliphatic rings. The summed E-state index contributed by atoms with van der Waals surface area (Å²) in [5.74, 6) is 0.927. The molecule has 0 atom stereocenters. The Morgan fingerprint density at radius 1 is 1.10 bits per heavy atom. The third-order valence-corrected chi connectivity index (χ3v) is 4.57. The zero-order chi connectivity index (χ0) is 14.0. The average molecular weight is 282 g/mol. The summed E-state index contributed by atoms with van der Waals surface area (Å²) in [6.45, 7) is 3.56. The number of hydrogen-bond acceptors (Lipinski definition) is 3. The Hall–Kier alpha value is -0.610. The van der Waals surface area contributed by atoms with Gasteiger partial charge in [0.2, 0.25) is 5.91 Å². The molecule has 1 aliphatic carbocycles. The number of rotatable bonds is 7. The molecule has 0 unspecified atom stereocenters. The fraction of sp³-hybridized carbons (Fsp3) is 0.938. The first-order valence-corrected chi connectivity index (χ1v) is 8.43. The van der Waals surface area contributed by atoms with Crippen molar-refractivity contribution in [2.45, 2.75) is 63.9 Å². The molecule has 0 aromatic heterocycles. The molecule has 1 saturated heterocycles. The van der Waals surface area contributed by atoms with Crippen molar-refractivity contribution in [3.05, 3.63) is 0 Å². The van der Waals surface area contributed by atoms with Gasteiger partial charge in [-0.1, -0.05) is 19.3 Å². The predicted octanol–water partition coefficient (Wildman–Crippen LogP) is 2.23. The van der Waals surface area contributed by atoms with E-state index in [1.165, 1.54) is 44.9 Å². The number of piperidine rings is 1. The molecule has 2 N–H and O–H groups in total. The van der Waals surface area contributed by atoms with Crippen molar-refractivity contribution in [2.24, 2.45) is 5.92 Å². The fourth-order valence-electron chi connectivity index (χ4n) is 3.24. The van der Waals surface area contributed by atoms with Gasteiger partial charge in [-0.15, -0.1) is 0 Å². The molecule has 0 spiro atoms. The summed E-state index contributed by atoms with van der Waals surface area (Å²) in [5.41, 5.74) is 0. The van der Waals surface area contributed by atoms with E-state index >= 15 is 0 Å². The monoisotopic (exact) mass is 282 g/mol. The normalized spacial score (nSPS) is 21.8. The summed E-state index contributed by atoms with van der Waals surface area (Å²) in [6.07, 6.45) is 10.9. The molecule has 0 bridgehead atoms. The smallest absolute Gasteiger partial charge is 0.220 e. The van der Waals surface area contributed by atoms with Crippen molar-refractivity contribution in [2.75, 3.05) is 26.2 Å². The summed E-state index contributed by atoms with van der Waals surface area (Å²) in [4.78, 5) is 11.8. The van der Waals surface area contributed by atoms with E-state index in [-0.39, 0.29) is 5.91 Å². The van der Waals surface area contributed by atoms with Crippen LogP contribution in [0.1, 0.15) is 57.8 Å². The first-order valence-electron chi connectivity index (χ1n) is 8.43. The van der Waals surface area contributed by atoms with Gasteiger partial charge < -0.3 is 15.4 Å². The lowest BCUT2D eigenvalue weighted by atomic mass is 9.93. The van der Waals surface area contributed by atoms with Crippen LogP contribution in [0.3, 0.4) is 0 Å². The molecular weight excluding hydrogens is 252 g/mol. The average Bonchev–Trinajstić information content (AvgIpc) is 2.52. The third kappa shape index (κ3) is 6.23. The molecule has 1 saturated carbocycles. The van der Waals surface area contributed by atoms with Crippen LogP contribution in [0.15, 0.2) is 0 Å². The molecule has 0 aromatic carbocycles. The van der Waals surface area contributed by atoms with Gasteiger partial charge in [-0.25, -0.2) is 0 Å². The second kappa shape index (κ2) is 9.35. The molecule has 4 nitrogen and oxygen atoms in total. The summed E-state index contributed by atoms with van der Waals surface area (Å²) >= 11 is 0. The molecule has 20 heavy (non-hydrogen) atoms. The number of carbonyl (C=O) groups excluding carboxylic acids is 1. The molecule has 2 rings (SSSR count). The molecule has 1 aliphatic heterocycles. The highest BCUT2D eigenvalue weighted by molar-refractivity contribution is 5.75. The zero-order valence-corrected chi connectivity index (χ0v) is 12.7. The van der Waals surface area contributed by atoms with E-state index in [0.717, 1.165) is 25.4 Å². The van der Waals surface area contributed by atoms with Crippen LogP contribution in [0.25, 0.3) is 0 Å². The van der Waals surface area contributed by atoms with Crippen LogP contribution in [0.2, 0.25) is 0 Å². The van der Waals surface area contributed by atoms with Crippen molar-refractivity contribution in [3.8, 4) is 0 Å². The molecule has 0 aromatic rings. The van der Waals surface area contributed by atoms with Gasteiger partial charge in [-0.05, 0) is 51.1 Å². The van der Waals surface area contributed by atoms with E-state index < -0.39 is 0 Å². The van der Waals surface area contributed by atoms with Gasteiger partial charge in [0.15, 0.2) is 0 Å². The minimum Gasteiger partial charge on any atom is -0.376 e. The molecule has 4 heteroatoms. The van der Waals surface area contributed by atoms with Gasteiger partial charge in [0.05, 0.1) is 12.7 Å².